The second-order valence-electron chi connectivity index (χ2n) is 5.79. The molecule has 2 nitrogen and oxygen atoms in total. The van der Waals surface area contributed by atoms with Gasteiger partial charge < -0.3 is 4.90 Å². The summed E-state index contributed by atoms with van der Waals surface area (Å²) in [6.07, 6.45) is 5.76. The zero-order valence-corrected chi connectivity index (χ0v) is 10.6. The number of nitrogens with zero attached hydrogens (tertiary/aromatic N) is 2. The van der Waals surface area contributed by atoms with Gasteiger partial charge in [-0.2, -0.15) is 0 Å². The Balaban J connectivity index is 2.10. The van der Waals surface area contributed by atoms with Gasteiger partial charge in [0.1, 0.15) is 0 Å². The third-order valence-corrected chi connectivity index (χ3v) is 4.24. The Kier molecular flexibility index (Phi) is 3.68. The molecule has 2 saturated heterocycles. The molecule has 0 saturated carbocycles. The van der Waals surface area contributed by atoms with Crippen LogP contribution in [0.5, 0.6) is 0 Å². The van der Waals surface area contributed by atoms with E-state index < -0.39 is 0 Å². The van der Waals surface area contributed by atoms with Crippen LogP contribution in [0.15, 0.2) is 0 Å². The topological polar surface area (TPSA) is 6.48 Å². The third kappa shape index (κ3) is 2.73. The Labute approximate surface area is 94.6 Å². The molecule has 2 heteroatoms. The quantitative estimate of drug-likeness (QED) is 0.654. The van der Waals surface area contributed by atoms with Gasteiger partial charge in [-0.15, -0.1) is 0 Å². The fourth-order valence-corrected chi connectivity index (χ4v) is 3.16. The van der Waals surface area contributed by atoms with Crippen molar-refractivity contribution in [1.82, 2.24) is 9.80 Å². The molecule has 0 aromatic heterocycles. The van der Waals surface area contributed by atoms with E-state index in [9.17, 15) is 0 Å². The third-order valence-electron chi connectivity index (χ3n) is 4.24. The second-order valence-corrected chi connectivity index (χ2v) is 5.79. The van der Waals surface area contributed by atoms with Crippen molar-refractivity contribution in [2.24, 2.45) is 5.92 Å². The minimum atomic E-state index is 0.722. The van der Waals surface area contributed by atoms with E-state index in [0.29, 0.717) is 0 Å². The van der Waals surface area contributed by atoms with Crippen LogP contribution in [0, 0.1) is 5.92 Å². The van der Waals surface area contributed by atoms with Crippen LogP contribution in [-0.2, 0) is 0 Å². The minimum Gasteiger partial charge on any atom is -0.302 e. The summed E-state index contributed by atoms with van der Waals surface area (Å²) in [5.74, 6) is 0.919. The molecule has 0 aromatic rings. The van der Waals surface area contributed by atoms with Crippen LogP contribution in [0.25, 0.3) is 0 Å². The second kappa shape index (κ2) is 4.84. The van der Waals surface area contributed by atoms with Gasteiger partial charge in [0.15, 0.2) is 0 Å². The molecule has 0 spiro atoms. The lowest BCUT2D eigenvalue weighted by Crippen LogP contribution is -2.41. The first-order chi connectivity index (χ1) is 7.16. The molecule has 88 valence electrons. The average molecular weight is 210 g/mol. The highest BCUT2D eigenvalue weighted by Gasteiger charge is 2.29. The van der Waals surface area contributed by atoms with Crippen molar-refractivity contribution in [2.75, 3.05) is 26.7 Å². The van der Waals surface area contributed by atoms with Gasteiger partial charge in [-0.05, 0) is 39.7 Å². The van der Waals surface area contributed by atoms with Crippen LogP contribution in [-0.4, -0.2) is 48.6 Å². The van der Waals surface area contributed by atoms with Crippen LogP contribution in [0.2, 0.25) is 0 Å². The Morgan fingerprint density at radius 3 is 2.47 bits per heavy atom. The molecule has 0 radical (unpaired) electrons. The summed E-state index contributed by atoms with van der Waals surface area (Å²) in [6.45, 7) is 8.64. The summed E-state index contributed by atoms with van der Waals surface area (Å²) in [5.41, 5.74) is 0. The highest BCUT2D eigenvalue weighted by molar-refractivity contribution is 4.85. The lowest BCUT2D eigenvalue weighted by Gasteiger charge is -2.31. The minimum absolute atomic E-state index is 0.722. The SMILES string of the molecule is CC(C)N1CC2CCCCC(C1)N(C)C2. The highest BCUT2D eigenvalue weighted by atomic mass is 15.2. The lowest BCUT2D eigenvalue weighted by molar-refractivity contribution is 0.172. The van der Waals surface area contributed by atoms with Crippen LogP contribution in [0.1, 0.15) is 39.5 Å². The predicted octanol–water partition coefficient (Wildman–Crippen LogP) is 2.20. The van der Waals surface area contributed by atoms with E-state index in [-0.39, 0.29) is 0 Å². The maximum atomic E-state index is 2.70. The van der Waals surface area contributed by atoms with Crippen molar-refractivity contribution in [3.05, 3.63) is 0 Å². The monoisotopic (exact) mass is 210 g/mol. The Hall–Kier alpha value is -0.0800. The van der Waals surface area contributed by atoms with Crippen molar-refractivity contribution >= 4 is 0 Å². The summed E-state index contributed by atoms with van der Waals surface area (Å²) in [7, 11) is 2.33. The molecule has 2 aliphatic rings. The molecule has 0 amide bonds. The van der Waals surface area contributed by atoms with Gasteiger partial charge in [-0.1, -0.05) is 12.8 Å². The van der Waals surface area contributed by atoms with Gasteiger partial charge in [0, 0.05) is 31.7 Å². The summed E-state index contributed by atoms with van der Waals surface area (Å²) < 4.78 is 0. The van der Waals surface area contributed by atoms with E-state index in [1.807, 2.05) is 0 Å². The molecule has 0 N–H and O–H groups in total. The summed E-state index contributed by atoms with van der Waals surface area (Å²) in [4.78, 5) is 5.32. The fourth-order valence-electron chi connectivity index (χ4n) is 3.16. The lowest BCUT2D eigenvalue weighted by atomic mass is 9.97. The van der Waals surface area contributed by atoms with Gasteiger partial charge in [-0.25, -0.2) is 0 Å². The van der Waals surface area contributed by atoms with Gasteiger partial charge in [-0.3, -0.25) is 4.90 Å². The van der Waals surface area contributed by atoms with Gasteiger partial charge in [0.2, 0.25) is 0 Å². The molecule has 2 aliphatic heterocycles. The Morgan fingerprint density at radius 2 is 1.73 bits per heavy atom. The molecule has 2 atom stereocenters. The van der Waals surface area contributed by atoms with E-state index >= 15 is 0 Å². The molecular weight excluding hydrogens is 184 g/mol. The van der Waals surface area contributed by atoms with Crippen molar-refractivity contribution in [2.45, 2.75) is 51.6 Å². The van der Waals surface area contributed by atoms with Gasteiger partial charge in [0.25, 0.3) is 0 Å². The van der Waals surface area contributed by atoms with E-state index in [2.05, 4.69) is 30.7 Å². The fraction of sp³-hybridized carbons (Fsp3) is 1.00. The molecule has 2 unspecified atom stereocenters. The Morgan fingerprint density at radius 1 is 1.00 bits per heavy atom. The van der Waals surface area contributed by atoms with E-state index in [4.69, 9.17) is 0 Å². The molecule has 0 aliphatic carbocycles. The first-order valence-electron chi connectivity index (χ1n) is 6.61. The molecule has 15 heavy (non-hydrogen) atoms. The molecule has 2 fully saturated rings. The van der Waals surface area contributed by atoms with Crippen molar-refractivity contribution in [3.63, 3.8) is 0 Å². The molecule has 2 bridgehead atoms. The largest absolute Gasteiger partial charge is 0.302 e. The van der Waals surface area contributed by atoms with E-state index in [1.54, 1.807) is 0 Å². The number of likely N-dealkylation sites (N-methyl/N-ethyl adjacent to an activating group) is 1. The van der Waals surface area contributed by atoms with E-state index in [1.165, 1.54) is 45.3 Å². The molecule has 2 rings (SSSR count). The number of hydrogen-bond donors (Lipinski definition) is 0. The van der Waals surface area contributed by atoms with Gasteiger partial charge in [0.05, 0.1) is 0 Å². The first-order valence-corrected chi connectivity index (χ1v) is 6.61. The highest BCUT2D eigenvalue weighted by Crippen LogP contribution is 2.25. The summed E-state index contributed by atoms with van der Waals surface area (Å²) >= 11 is 0. The van der Waals surface area contributed by atoms with Crippen molar-refractivity contribution in [1.29, 1.82) is 0 Å². The van der Waals surface area contributed by atoms with Crippen LogP contribution in [0.3, 0.4) is 0 Å². The zero-order chi connectivity index (χ0) is 10.8. The number of rotatable bonds is 1. The normalized spacial score (nSPS) is 35.2. The van der Waals surface area contributed by atoms with Crippen molar-refractivity contribution < 1.29 is 0 Å². The maximum absolute atomic E-state index is 2.70. The van der Waals surface area contributed by atoms with Gasteiger partial charge >= 0.3 is 0 Å². The van der Waals surface area contributed by atoms with E-state index in [0.717, 1.165) is 18.0 Å². The molecule has 2 heterocycles. The Bertz CT molecular complexity index is 203. The zero-order valence-electron chi connectivity index (χ0n) is 10.6. The molecular formula is C13H26N2. The first kappa shape index (κ1) is 11.4. The summed E-state index contributed by atoms with van der Waals surface area (Å²) in [5, 5.41) is 0. The standard InChI is InChI=1S/C13H26N2/c1-11(2)15-9-12-6-4-5-7-13(10-15)14(3)8-12/h11-13H,4-10H2,1-3H3. The predicted molar refractivity (Wildman–Crippen MR) is 65.1 cm³/mol. The molecule has 0 aromatic carbocycles. The summed E-state index contributed by atoms with van der Waals surface area (Å²) in [6, 6.07) is 1.54. The average Bonchev–Trinajstić information content (AvgIpc) is 2.27. The number of hydrogen-bond acceptors (Lipinski definition) is 2. The maximum Gasteiger partial charge on any atom is 0.0220 e. The van der Waals surface area contributed by atoms with Crippen molar-refractivity contribution in [3.8, 4) is 0 Å². The van der Waals surface area contributed by atoms with Crippen LogP contribution >= 0.6 is 0 Å². The smallest absolute Gasteiger partial charge is 0.0220 e. The van der Waals surface area contributed by atoms with Crippen LogP contribution < -0.4 is 0 Å². The number of fused-ring (bicyclic) bond motifs is 3. The van der Waals surface area contributed by atoms with Crippen LogP contribution in [0.4, 0.5) is 0 Å².